The molecule has 1 amide bonds. The molecule has 3 aromatic rings. The number of nitrogens with two attached hydrogens (primary N) is 2. The summed E-state index contributed by atoms with van der Waals surface area (Å²) in [5.41, 5.74) is 18.8. The topological polar surface area (TPSA) is 131 Å². The fourth-order valence-corrected chi connectivity index (χ4v) is 8.61. The Labute approximate surface area is 352 Å². The lowest BCUT2D eigenvalue weighted by molar-refractivity contribution is -0.108. The molecule has 9 nitrogen and oxygen atoms in total. The average molecular weight is 809 g/mol. The van der Waals surface area contributed by atoms with Crippen molar-refractivity contribution in [2.45, 2.75) is 111 Å². The zero-order chi connectivity index (χ0) is 41.9. The molecule has 0 bridgehead atoms. The van der Waals surface area contributed by atoms with E-state index in [1.807, 2.05) is 28.8 Å². The SMILES string of the molecule is C=C1C#CC/C=C\C23CC2(C3)/C(Cl)=C\1CC(C)C.CC1CCCCN1CCCNc1ccc(N)c(-c2nc3cc(C(=O)NCCN)ccc3n2CC=O)c1.CCCC. The van der Waals surface area contributed by atoms with Gasteiger partial charge in [0, 0.05) is 82.6 Å². The Kier molecular flexibility index (Phi) is 15.9. The second-order valence-corrected chi connectivity index (χ2v) is 17.2. The first kappa shape index (κ1) is 44.7. The number of allylic oxidation sites excluding steroid dienone is 5. The van der Waals surface area contributed by atoms with Crippen LogP contribution in [-0.4, -0.2) is 65.4 Å². The Morgan fingerprint density at radius 3 is 2.60 bits per heavy atom. The van der Waals surface area contributed by atoms with Crippen LogP contribution in [0, 0.1) is 28.6 Å². The molecule has 3 fully saturated rings. The Hall–Kier alpha value is -4.36. The number of aromatic nitrogens is 2. The minimum absolute atomic E-state index is 0.135. The first-order chi connectivity index (χ1) is 27.9. The molecular weight excluding hydrogens is 742 g/mol. The molecule has 2 saturated carbocycles. The third kappa shape index (κ3) is 10.6. The minimum atomic E-state index is -0.210. The number of nitrogens with one attached hydrogen (secondary N) is 2. The number of carbonyl (C=O) groups excluding carboxylic acids is 2. The van der Waals surface area contributed by atoms with Gasteiger partial charge in [-0.3, -0.25) is 4.79 Å². The van der Waals surface area contributed by atoms with Crippen molar-refractivity contribution in [2.75, 3.05) is 43.8 Å². The average Bonchev–Trinajstić information content (AvgIpc) is 4.01. The zero-order valence-corrected chi connectivity index (χ0v) is 36.3. The molecule has 1 unspecified atom stereocenters. The van der Waals surface area contributed by atoms with E-state index in [2.05, 4.69) is 80.7 Å². The second kappa shape index (κ2) is 20.6. The molecule has 2 heterocycles. The quantitative estimate of drug-likeness (QED) is 0.0420. The van der Waals surface area contributed by atoms with Crippen LogP contribution in [0.15, 0.2) is 71.3 Å². The predicted molar refractivity (Wildman–Crippen MR) is 243 cm³/mol. The summed E-state index contributed by atoms with van der Waals surface area (Å²) in [6.07, 6.45) is 17.3. The van der Waals surface area contributed by atoms with Crippen molar-refractivity contribution >= 4 is 46.2 Å². The van der Waals surface area contributed by atoms with Crippen molar-refractivity contribution < 1.29 is 9.59 Å². The lowest BCUT2D eigenvalue weighted by atomic mass is 9.94. The van der Waals surface area contributed by atoms with Crippen molar-refractivity contribution in [1.29, 1.82) is 0 Å². The molecule has 2 aromatic carbocycles. The number of benzene rings is 2. The van der Waals surface area contributed by atoms with E-state index < -0.39 is 0 Å². The van der Waals surface area contributed by atoms with E-state index in [0.717, 1.165) is 66.0 Å². The predicted octanol–water partition coefficient (Wildman–Crippen LogP) is 9.48. The molecular formula is C48H66ClN7O2. The number of carbonyl (C=O) groups is 2. The molecule has 7 rings (SSSR count). The summed E-state index contributed by atoms with van der Waals surface area (Å²) in [6.45, 7) is 19.3. The number of halogens is 1. The fraction of sp³-hybridized carbons (Fsp3) is 0.521. The molecule has 1 aliphatic heterocycles. The number of amides is 1. The molecule has 1 aromatic heterocycles. The third-order valence-electron chi connectivity index (χ3n) is 11.9. The third-order valence-corrected chi connectivity index (χ3v) is 12.5. The van der Waals surface area contributed by atoms with Crippen LogP contribution in [0.4, 0.5) is 11.4 Å². The molecule has 3 aliphatic carbocycles. The van der Waals surface area contributed by atoms with Gasteiger partial charge in [-0.05, 0) is 99.9 Å². The number of nitrogen functional groups attached to an aromatic ring is 1. The van der Waals surface area contributed by atoms with Crippen LogP contribution in [0.25, 0.3) is 22.4 Å². The van der Waals surface area contributed by atoms with E-state index >= 15 is 0 Å². The van der Waals surface area contributed by atoms with Gasteiger partial charge >= 0.3 is 0 Å². The number of nitrogens with zero attached hydrogens (tertiary/aromatic N) is 3. The van der Waals surface area contributed by atoms with Gasteiger partial charge in [0.2, 0.25) is 0 Å². The van der Waals surface area contributed by atoms with Gasteiger partial charge in [0.15, 0.2) is 0 Å². The van der Waals surface area contributed by atoms with Gasteiger partial charge in [-0.25, -0.2) is 4.98 Å². The van der Waals surface area contributed by atoms with Gasteiger partial charge in [0.05, 0.1) is 17.6 Å². The van der Waals surface area contributed by atoms with Gasteiger partial charge < -0.3 is 36.4 Å². The van der Waals surface area contributed by atoms with Crippen LogP contribution in [-0.2, 0) is 11.3 Å². The maximum Gasteiger partial charge on any atom is 0.251 e. The van der Waals surface area contributed by atoms with Crippen molar-refractivity contribution in [3.05, 3.63) is 76.9 Å². The highest BCUT2D eigenvalue weighted by Gasteiger charge is 2.83. The van der Waals surface area contributed by atoms with E-state index in [1.54, 1.807) is 12.1 Å². The number of aldehydes is 1. The van der Waals surface area contributed by atoms with Crippen molar-refractivity contribution in [3.63, 3.8) is 0 Å². The smallest absolute Gasteiger partial charge is 0.251 e. The number of piperidine rings is 1. The molecule has 312 valence electrons. The van der Waals surface area contributed by atoms with Crippen LogP contribution in [0.2, 0.25) is 0 Å². The molecule has 4 aliphatic rings. The van der Waals surface area contributed by atoms with Crippen LogP contribution in [0.5, 0.6) is 0 Å². The van der Waals surface area contributed by atoms with Gasteiger partial charge in [0.1, 0.15) is 12.1 Å². The Morgan fingerprint density at radius 2 is 1.91 bits per heavy atom. The molecule has 1 atom stereocenters. The molecule has 0 spiro atoms. The summed E-state index contributed by atoms with van der Waals surface area (Å²) >= 11 is 6.71. The largest absolute Gasteiger partial charge is 0.398 e. The van der Waals surface area contributed by atoms with Crippen LogP contribution in [0.1, 0.15) is 109 Å². The summed E-state index contributed by atoms with van der Waals surface area (Å²) < 4.78 is 1.83. The van der Waals surface area contributed by atoms with E-state index in [9.17, 15) is 9.59 Å². The monoisotopic (exact) mass is 807 g/mol. The lowest BCUT2D eigenvalue weighted by Crippen LogP contribution is -2.38. The zero-order valence-electron chi connectivity index (χ0n) is 35.6. The van der Waals surface area contributed by atoms with Gasteiger partial charge in [-0.15, -0.1) is 0 Å². The lowest BCUT2D eigenvalue weighted by Gasteiger charge is -2.33. The van der Waals surface area contributed by atoms with Crippen molar-refractivity contribution in [2.24, 2.45) is 22.5 Å². The van der Waals surface area contributed by atoms with Crippen LogP contribution < -0.4 is 22.1 Å². The van der Waals surface area contributed by atoms with E-state index in [0.29, 0.717) is 53.1 Å². The standard InChI is InChI=1S/C27H37N7O2.C17H19Cl.C4H10/c1-19-5-2-3-13-33(19)14-4-11-30-21-7-8-23(29)22(18-21)26-32-24-17-20(27(36)31-12-10-28)6-9-25(24)34(26)15-16-35;1-12(2)9-14-13(3)7-5-4-6-8-16-10-17(16,11-16)15(14)18;1-3-4-2/h6-9,16-19,30H,2-5,10-15,28-29H2,1H3,(H,31,36);6,8,12H,3-4,9-11H2,1-2H3;3-4H2,1-2H3/b;8-6-,15-14+;. The highest BCUT2D eigenvalue weighted by atomic mass is 35.5. The number of fused-ring (bicyclic) bond motifs is 1. The Morgan fingerprint density at radius 1 is 1.14 bits per heavy atom. The first-order valence-electron chi connectivity index (χ1n) is 21.5. The summed E-state index contributed by atoms with van der Waals surface area (Å²) in [7, 11) is 0. The highest BCUT2D eigenvalue weighted by molar-refractivity contribution is 6.32. The Bertz CT molecular complexity index is 2040. The number of unbranched alkanes of at least 4 members (excludes halogenated alkanes) is 1. The van der Waals surface area contributed by atoms with Crippen LogP contribution in [0.3, 0.4) is 0 Å². The van der Waals surface area contributed by atoms with E-state index in [-0.39, 0.29) is 17.9 Å². The fourth-order valence-electron chi connectivity index (χ4n) is 8.10. The van der Waals surface area contributed by atoms with Crippen molar-refractivity contribution in [3.8, 4) is 23.2 Å². The number of hydrogen-bond donors (Lipinski definition) is 4. The summed E-state index contributed by atoms with van der Waals surface area (Å²) in [5, 5.41) is 7.34. The minimum Gasteiger partial charge on any atom is -0.398 e. The summed E-state index contributed by atoms with van der Waals surface area (Å²) in [5.74, 6) is 7.32. The normalized spacial score (nSPS) is 23.8. The Balaban J connectivity index is 0.000000241. The van der Waals surface area contributed by atoms with Gasteiger partial charge in [0.25, 0.3) is 5.91 Å². The number of imidazole rings is 1. The molecule has 1 saturated heterocycles. The number of anilines is 2. The van der Waals surface area contributed by atoms with Gasteiger partial charge in [-0.2, -0.15) is 0 Å². The van der Waals surface area contributed by atoms with Gasteiger partial charge in [-0.1, -0.05) is 89.1 Å². The van der Waals surface area contributed by atoms with E-state index in [1.165, 1.54) is 57.1 Å². The highest BCUT2D eigenvalue weighted by Crippen LogP contribution is 2.90. The number of likely N-dealkylation sites (tertiary alicyclic amines) is 1. The molecule has 6 N–H and O–H groups in total. The second-order valence-electron chi connectivity index (χ2n) is 16.8. The first-order valence-corrected chi connectivity index (χ1v) is 21.9. The summed E-state index contributed by atoms with van der Waals surface area (Å²) in [6, 6.07) is 11.7. The maximum absolute atomic E-state index is 12.4. The van der Waals surface area contributed by atoms with Crippen LogP contribution >= 0.6 is 11.6 Å². The maximum atomic E-state index is 12.4. The summed E-state index contributed by atoms with van der Waals surface area (Å²) in [4.78, 5) is 31.2. The molecule has 58 heavy (non-hydrogen) atoms. The van der Waals surface area contributed by atoms with Crippen molar-refractivity contribution in [1.82, 2.24) is 19.8 Å². The molecule has 0 radical (unpaired) electrons. The number of hydrogen-bond acceptors (Lipinski definition) is 7. The number of rotatable bonds is 14. The molecule has 10 heteroatoms. The van der Waals surface area contributed by atoms with E-state index in [4.69, 9.17) is 28.1 Å².